The van der Waals surface area contributed by atoms with Gasteiger partial charge in [0.05, 0.1) is 11.7 Å². The van der Waals surface area contributed by atoms with Gasteiger partial charge in [-0.1, -0.05) is 185 Å². The molecule has 316 valence electrons. The summed E-state index contributed by atoms with van der Waals surface area (Å²) in [7, 11) is 0. The molecule has 0 saturated carbocycles. The number of hydrogen-bond acceptors (Lipinski definition) is 3. The number of anilines is 4. The van der Waals surface area contributed by atoms with Crippen LogP contribution < -0.4 is 10.2 Å². The normalized spacial score (nSPS) is 15.9. The maximum absolute atomic E-state index is 3.96. The number of para-hydroxylation sites is 1. The Hall–Kier alpha value is -7.46. The van der Waals surface area contributed by atoms with Crippen LogP contribution in [0.2, 0.25) is 0 Å². The molecule has 0 fully saturated rings. The van der Waals surface area contributed by atoms with E-state index in [4.69, 9.17) is 0 Å². The molecule has 0 bridgehead atoms. The lowest BCUT2D eigenvalue weighted by molar-refractivity contribution is 0.659. The average molecular weight is 865 g/mol. The molecule has 1 aliphatic heterocycles. The van der Waals surface area contributed by atoms with Gasteiger partial charge in [0, 0.05) is 53.6 Å². The third kappa shape index (κ3) is 5.79. The molecule has 9 aromatic carbocycles. The second-order valence-electron chi connectivity index (χ2n) is 19.3. The first-order chi connectivity index (χ1) is 32.2. The summed E-state index contributed by atoms with van der Waals surface area (Å²) < 4.78 is 2.66. The molecule has 2 aliphatic carbocycles. The van der Waals surface area contributed by atoms with Crippen molar-refractivity contribution < 1.29 is 0 Å². The highest BCUT2D eigenvalue weighted by atomic mass is 32.1. The zero-order valence-corrected chi connectivity index (χ0v) is 38.4. The highest BCUT2D eigenvalue weighted by molar-refractivity contribution is 7.26. The Morgan fingerprint density at radius 1 is 0.470 bits per heavy atom. The fourth-order valence-electron chi connectivity index (χ4n) is 11.6. The Bertz CT molecular complexity index is 3630. The quantitative estimate of drug-likeness (QED) is 0.179. The van der Waals surface area contributed by atoms with Gasteiger partial charge in [-0.05, 0) is 121 Å². The Labute approximate surface area is 391 Å². The van der Waals surface area contributed by atoms with Crippen molar-refractivity contribution in [2.75, 3.05) is 10.2 Å². The molecule has 3 heteroatoms. The Kier molecular flexibility index (Phi) is 8.57. The molecular weight excluding hydrogens is 817 g/mol. The molecular formula is C63H48N2S. The summed E-state index contributed by atoms with van der Waals surface area (Å²) in [5, 5.41) is 6.61. The first-order valence-electron chi connectivity index (χ1n) is 23.2. The number of nitrogens with one attached hydrogen (secondary N) is 1. The Morgan fingerprint density at radius 2 is 1.12 bits per heavy atom. The molecule has 2 nitrogen and oxygen atoms in total. The van der Waals surface area contributed by atoms with Crippen LogP contribution in [0.5, 0.6) is 0 Å². The molecule has 1 aromatic heterocycles. The largest absolute Gasteiger partial charge is 0.374 e. The van der Waals surface area contributed by atoms with E-state index in [1.807, 2.05) is 11.3 Å². The van der Waals surface area contributed by atoms with Gasteiger partial charge < -0.3 is 10.2 Å². The highest BCUT2D eigenvalue weighted by Gasteiger charge is 2.40. The van der Waals surface area contributed by atoms with E-state index in [0.29, 0.717) is 0 Å². The van der Waals surface area contributed by atoms with Crippen LogP contribution in [0, 0.1) is 0 Å². The molecule has 0 spiro atoms. The fraction of sp³-hybridized carbons (Fsp3) is 0.111. The lowest BCUT2D eigenvalue weighted by Gasteiger charge is -2.30. The molecule has 1 N–H and O–H groups in total. The zero-order chi connectivity index (χ0) is 44.3. The molecule has 10 aromatic rings. The van der Waals surface area contributed by atoms with Crippen molar-refractivity contribution in [1.29, 1.82) is 0 Å². The summed E-state index contributed by atoms with van der Waals surface area (Å²) in [5.41, 5.74) is 22.5. The first kappa shape index (κ1) is 39.0. The number of thiophene rings is 1. The van der Waals surface area contributed by atoms with E-state index in [1.165, 1.54) is 104 Å². The number of nitrogens with zero attached hydrogens (tertiary/aromatic N) is 1. The maximum atomic E-state index is 3.96. The van der Waals surface area contributed by atoms with E-state index in [1.54, 1.807) is 0 Å². The Balaban J connectivity index is 0.969. The van der Waals surface area contributed by atoms with Crippen molar-refractivity contribution in [3.8, 4) is 33.4 Å². The van der Waals surface area contributed by atoms with E-state index >= 15 is 0 Å². The summed E-state index contributed by atoms with van der Waals surface area (Å²) >= 11 is 1.89. The van der Waals surface area contributed by atoms with Crippen molar-refractivity contribution in [3.63, 3.8) is 0 Å². The Morgan fingerprint density at radius 3 is 2.00 bits per heavy atom. The summed E-state index contributed by atoms with van der Waals surface area (Å²) in [6, 6.07) is 74.7. The maximum Gasteiger partial charge on any atom is 0.0773 e. The van der Waals surface area contributed by atoms with Crippen molar-refractivity contribution in [1.82, 2.24) is 0 Å². The fourth-order valence-corrected chi connectivity index (χ4v) is 12.8. The van der Waals surface area contributed by atoms with E-state index in [9.17, 15) is 0 Å². The van der Waals surface area contributed by atoms with E-state index in [2.05, 4.69) is 244 Å². The van der Waals surface area contributed by atoms with Gasteiger partial charge in [0.15, 0.2) is 0 Å². The predicted octanol–water partition coefficient (Wildman–Crippen LogP) is 17.5. The highest BCUT2D eigenvalue weighted by Crippen LogP contribution is 2.57. The van der Waals surface area contributed by atoms with Crippen molar-refractivity contribution in [3.05, 3.63) is 239 Å². The first-order valence-corrected chi connectivity index (χ1v) is 24.0. The predicted molar refractivity (Wildman–Crippen MR) is 282 cm³/mol. The SMILES string of the molecule is CC1(C)c2ccccc2-c2ccc(N(c3ccc(-c4cccc5c4sc4ccccc45)cc3)c3cccc4c3-c3ccc(C5Nc6ccccc6C=C5c5ccccc5)cc3C4(C)C)cc21. The van der Waals surface area contributed by atoms with E-state index in [-0.39, 0.29) is 16.9 Å². The third-order valence-corrected chi connectivity index (χ3v) is 16.2. The summed E-state index contributed by atoms with van der Waals surface area (Å²) in [6.07, 6.45) is 2.37. The lowest BCUT2D eigenvalue weighted by atomic mass is 9.80. The van der Waals surface area contributed by atoms with Crippen molar-refractivity contribution in [2.24, 2.45) is 0 Å². The van der Waals surface area contributed by atoms with Crippen LogP contribution in [0.25, 0.3) is 65.2 Å². The standard InChI is InChI=1S/C63H48N2S/c1-62(2)52-23-11-9-19-46(52)47-35-33-44(38-55(47)62)65(43-31-28-40(29-32-43)45-21-14-22-49-48-20-10-13-27-58(48)66-61(45)49)57-26-15-24-53-59(57)50-34-30-42(37-54(50)63(53,3)4)60-51(39-16-6-5-7-17-39)36-41-18-8-12-25-56(41)64-60/h5-38,60,64H,1-4H3. The average Bonchev–Trinajstić information content (AvgIpc) is 3.94. The molecule has 2 heterocycles. The molecule has 1 atom stereocenters. The van der Waals surface area contributed by atoms with Gasteiger partial charge in [-0.3, -0.25) is 0 Å². The van der Waals surface area contributed by atoms with E-state index < -0.39 is 0 Å². The lowest BCUT2D eigenvalue weighted by Crippen LogP contribution is -2.19. The monoisotopic (exact) mass is 864 g/mol. The van der Waals surface area contributed by atoms with Crippen LogP contribution in [-0.2, 0) is 10.8 Å². The minimum Gasteiger partial charge on any atom is -0.374 e. The number of rotatable bonds is 6. The molecule has 13 rings (SSSR count). The number of hydrogen-bond donors (Lipinski definition) is 1. The van der Waals surface area contributed by atoms with Gasteiger partial charge in [0.2, 0.25) is 0 Å². The summed E-state index contributed by atoms with van der Waals surface area (Å²) in [5.74, 6) is 0. The van der Waals surface area contributed by atoms with Crippen molar-refractivity contribution in [2.45, 2.75) is 44.6 Å². The summed E-state index contributed by atoms with van der Waals surface area (Å²) in [6.45, 7) is 9.57. The number of benzene rings is 9. The van der Waals surface area contributed by atoms with Gasteiger partial charge >= 0.3 is 0 Å². The van der Waals surface area contributed by atoms with Gasteiger partial charge in [-0.15, -0.1) is 11.3 Å². The van der Waals surface area contributed by atoms with Crippen LogP contribution in [0.1, 0.15) is 72.7 Å². The molecule has 0 saturated heterocycles. The minimum atomic E-state index is -0.236. The molecule has 3 aliphatic rings. The van der Waals surface area contributed by atoms with Gasteiger partial charge in [0.1, 0.15) is 0 Å². The van der Waals surface area contributed by atoms with Gasteiger partial charge in [0.25, 0.3) is 0 Å². The van der Waals surface area contributed by atoms with Crippen LogP contribution >= 0.6 is 11.3 Å². The van der Waals surface area contributed by atoms with Crippen LogP contribution in [0.3, 0.4) is 0 Å². The topological polar surface area (TPSA) is 15.3 Å². The van der Waals surface area contributed by atoms with Crippen LogP contribution in [0.15, 0.2) is 200 Å². The van der Waals surface area contributed by atoms with Crippen molar-refractivity contribution >= 4 is 65.9 Å². The number of fused-ring (bicyclic) bond motifs is 10. The smallest absolute Gasteiger partial charge is 0.0773 e. The zero-order valence-electron chi connectivity index (χ0n) is 37.6. The molecule has 0 amide bonds. The minimum absolute atomic E-state index is 0.00102. The van der Waals surface area contributed by atoms with Gasteiger partial charge in [-0.2, -0.15) is 0 Å². The molecule has 66 heavy (non-hydrogen) atoms. The van der Waals surface area contributed by atoms with E-state index in [0.717, 1.165) is 17.1 Å². The molecule has 1 unspecified atom stereocenters. The van der Waals surface area contributed by atoms with Crippen LogP contribution in [-0.4, -0.2) is 0 Å². The molecule has 0 radical (unpaired) electrons. The van der Waals surface area contributed by atoms with Gasteiger partial charge in [-0.25, -0.2) is 0 Å². The second-order valence-corrected chi connectivity index (χ2v) is 20.4. The second kappa shape index (κ2) is 14.5. The summed E-state index contributed by atoms with van der Waals surface area (Å²) in [4.78, 5) is 2.52. The van der Waals surface area contributed by atoms with Crippen LogP contribution in [0.4, 0.5) is 22.7 Å². The third-order valence-electron chi connectivity index (χ3n) is 14.9.